The number of ether oxygens (including phenoxy) is 3. The van der Waals surface area contributed by atoms with Crippen LogP contribution in [-0.2, 0) is 0 Å². The number of thiophene rings is 1. The molecular weight excluding hydrogens is 364 g/mol. The highest BCUT2D eigenvalue weighted by Crippen LogP contribution is 2.39. The molecule has 7 heteroatoms. The molecule has 0 atom stereocenters. The number of nitrogens with zero attached hydrogens (tertiary/aromatic N) is 1. The summed E-state index contributed by atoms with van der Waals surface area (Å²) in [5.41, 5.74) is 1.75. The lowest BCUT2D eigenvalue weighted by atomic mass is 10.1. The predicted octanol–water partition coefficient (Wildman–Crippen LogP) is 4.69. The number of hydrogen-bond donors (Lipinski definition) is 1. The summed E-state index contributed by atoms with van der Waals surface area (Å²) < 4.78 is 17.0. The van der Waals surface area contributed by atoms with E-state index in [1.165, 1.54) is 11.3 Å². The first-order valence-corrected chi connectivity index (χ1v) is 9.66. The highest BCUT2D eigenvalue weighted by Gasteiger charge is 2.20. The van der Waals surface area contributed by atoms with Gasteiger partial charge in [0.15, 0.2) is 11.5 Å². The Morgan fingerprint density at radius 2 is 1.63 bits per heavy atom. The van der Waals surface area contributed by atoms with Gasteiger partial charge in [-0.2, -0.15) is 5.26 Å². The summed E-state index contributed by atoms with van der Waals surface area (Å²) in [6, 6.07) is 5.42. The fraction of sp³-hybridized carbons (Fsp3) is 0.400. The molecule has 0 aliphatic heterocycles. The molecule has 2 rings (SSSR count). The normalized spacial score (nSPS) is 10.2. The summed E-state index contributed by atoms with van der Waals surface area (Å²) in [5.74, 6) is 1.06. The molecule has 2 aromatic rings. The van der Waals surface area contributed by atoms with Crippen molar-refractivity contribution < 1.29 is 19.0 Å². The van der Waals surface area contributed by atoms with Gasteiger partial charge in [0, 0.05) is 10.4 Å². The first-order chi connectivity index (χ1) is 13.0. The molecule has 0 fully saturated rings. The van der Waals surface area contributed by atoms with Gasteiger partial charge in [-0.15, -0.1) is 11.3 Å². The van der Waals surface area contributed by atoms with Crippen molar-refractivity contribution >= 4 is 22.2 Å². The van der Waals surface area contributed by atoms with Gasteiger partial charge in [-0.1, -0.05) is 0 Å². The lowest BCUT2D eigenvalue weighted by Gasteiger charge is -2.17. The molecule has 0 saturated heterocycles. The first kappa shape index (κ1) is 20.6. The Morgan fingerprint density at radius 3 is 2.11 bits per heavy atom. The summed E-state index contributed by atoms with van der Waals surface area (Å²) in [5, 5.41) is 12.7. The molecule has 6 nitrogen and oxygen atoms in total. The number of aryl methyl sites for hydroxylation is 1. The summed E-state index contributed by atoms with van der Waals surface area (Å²) in [6.07, 6.45) is 0. The van der Waals surface area contributed by atoms with Crippen molar-refractivity contribution in [2.45, 2.75) is 34.6 Å². The van der Waals surface area contributed by atoms with Crippen LogP contribution in [0.4, 0.5) is 5.00 Å². The number of benzene rings is 1. The lowest BCUT2D eigenvalue weighted by molar-refractivity contribution is 0.102. The van der Waals surface area contributed by atoms with Crippen LogP contribution in [0.25, 0.3) is 0 Å². The minimum absolute atomic E-state index is 0.335. The van der Waals surface area contributed by atoms with Crippen LogP contribution in [0.3, 0.4) is 0 Å². The van der Waals surface area contributed by atoms with Crippen molar-refractivity contribution in [3.8, 4) is 23.3 Å². The maximum Gasteiger partial charge on any atom is 0.256 e. The Bertz CT molecular complexity index is 841. The van der Waals surface area contributed by atoms with Crippen LogP contribution in [0.2, 0.25) is 0 Å². The Labute approximate surface area is 163 Å². The maximum atomic E-state index is 12.8. The number of rotatable bonds is 8. The van der Waals surface area contributed by atoms with Gasteiger partial charge in [-0.3, -0.25) is 4.79 Å². The Hall–Kier alpha value is -2.72. The van der Waals surface area contributed by atoms with E-state index in [-0.39, 0.29) is 5.91 Å². The van der Waals surface area contributed by atoms with Gasteiger partial charge in [-0.25, -0.2) is 0 Å². The van der Waals surface area contributed by atoms with E-state index in [9.17, 15) is 10.1 Å². The highest BCUT2D eigenvalue weighted by atomic mass is 32.1. The number of carbonyl (C=O) groups is 1. The highest BCUT2D eigenvalue weighted by molar-refractivity contribution is 7.16. The zero-order valence-electron chi connectivity index (χ0n) is 16.3. The summed E-state index contributed by atoms with van der Waals surface area (Å²) in [6.45, 7) is 10.7. The Kier molecular flexibility index (Phi) is 7.08. The second kappa shape index (κ2) is 9.28. The summed E-state index contributed by atoms with van der Waals surface area (Å²) in [7, 11) is 0. The number of carbonyl (C=O) groups excluding carboxylic acids is 1. The van der Waals surface area contributed by atoms with Gasteiger partial charge in [0.05, 0.1) is 25.4 Å². The third-order valence-electron chi connectivity index (χ3n) is 3.90. The average molecular weight is 388 g/mol. The molecule has 0 aliphatic rings. The molecule has 0 bridgehead atoms. The van der Waals surface area contributed by atoms with E-state index >= 15 is 0 Å². The molecule has 0 spiro atoms. The van der Waals surface area contributed by atoms with E-state index in [1.54, 1.807) is 12.1 Å². The second-order valence-corrected chi connectivity index (χ2v) is 6.88. The van der Waals surface area contributed by atoms with Gasteiger partial charge >= 0.3 is 0 Å². The van der Waals surface area contributed by atoms with Crippen molar-refractivity contribution in [3.05, 3.63) is 33.7 Å². The molecule has 0 radical (unpaired) electrons. The molecule has 144 valence electrons. The molecule has 1 heterocycles. The molecule has 0 aliphatic carbocycles. The third kappa shape index (κ3) is 4.52. The summed E-state index contributed by atoms with van der Waals surface area (Å²) in [4.78, 5) is 13.8. The average Bonchev–Trinajstić information content (AvgIpc) is 2.90. The zero-order valence-corrected chi connectivity index (χ0v) is 17.1. The molecular formula is C20H24N2O4S. The van der Waals surface area contributed by atoms with Crippen LogP contribution in [0.15, 0.2) is 12.1 Å². The van der Waals surface area contributed by atoms with E-state index in [4.69, 9.17) is 14.2 Å². The van der Waals surface area contributed by atoms with E-state index in [1.807, 2.05) is 34.6 Å². The fourth-order valence-corrected chi connectivity index (χ4v) is 3.55. The van der Waals surface area contributed by atoms with Gasteiger partial charge < -0.3 is 19.5 Å². The largest absolute Gasteiger partial charge is 0.490 e. The van der Waals surface area contributed by atoms with Crippen LogP contribution in [-0.4, -0.2) is 25.7 Å². The standard InChI is InChI=1S/C20H24N2O4S/c1-6-24-16-9-14(10-17(25-7-2)18(16)26-8-3)19(23)22-20-15(11-21)12(4)13(5)27-20/h9-10H,6-8H2,1-5H3,(H,22,23). The molecule has 0 unspecified atom stereocenters. The number of amides is 1. The quantitative estimate of drug-likeness (QED) is 0.710. The molecule has 0 saturated carbocycles. The van der Waals surface area contributed by atoms with E-state index in [0.29, 0.717) is 53.2 Å². The van der Waals surface area contributed by atoms with Gasteiger partial charge in [0.2, 0.25) is 5.75 Å². The second-order valence-electron chi connectivity index (χ2n) is 5.65. The van der Waals surface area contributed by atoms with Crippen LogP contribution in [0.1, 0.15) is 47.1 Å². The topological polar surface area (TPSA) is 80.6 Å². The fourth-order valence-electron chi connectivity index (χ4n) is 2.54. The van der Waals surface area contributed by atoms with Crippen molar-refractivity contribution in [1.82, 2.24) is 0 Å². The number of nitriles is 1. The van der Waals surface area contributed by atoms with Crippen LogP contribution in [0, 0.1) is 25.2 Å². The number of anilines is 1. The van der Waals surface area contributed by atoms with E-state index in [0.717, 1.165) is 10.4 Å². The smallest absolute Gasteiger partial charge is 0.256 e. The minimum Gasteiger partial charge on any atom is -0.490 e. The predicted molar refractivity (Wildman–Crippen MR) is 106 cm³/mol. The monoisotopic (exact) mass is 388 g/mol. The van der Waals surface area contributed by atoms with E-state index in [2.05, 4.69) is 11.4 Å². The van der Waals surface area contributed by atoms with Gasteiger partial charge in [-0.05, 0) is 52.3 Å². The van der Waals surface area contributed by atoms with Crippen molar-refractivity contribution in [3.63, 3.8) is 0 Å². The van der Waals surface area contributed by atoms with Crippen molar-refractivity contribution in [1.29, 1.82) is 5.26 Å². The molecule has 1 aromatic heterocycles. The van der Waals surface area contributed by atoms with E-state index < -0.39 is 0 Å². The molecule has 1 aromatic carbocycles. The SMILES string of the molecule is CCOc1cc(C(=O)Nc2sc(C)c(C)c2C#N)cc(OCC)c1OCC. The van der Waals surface area contributed by atoms with Gasteiger partial charge in [0.1, 0.15) is 11.1 Å². The van der Waals surface area contributed by atoms with Crippen LogP contribution >= 0.6 is 11.3 Å². The first-order valence-electron chi connectivity index (χ1n) is 8.84. The molecule has 1 amide bonds. The Balaban J connectivity index is 2.43. The number of nitrogens with one attached hydrogen (secondary N) is 1. The third-order valence-corrected chi connectivity index (χ3v) is 5.02. The zero-order chi connectivity index (χ0) is 20.0. The minimum atomic E-state index is -0.335. The van der Waals surface area contributed by atoms with Gasteiger partial charge in [0.25, 0.3) is 5.91 Å². The summed E-state index contributed by atoms with van der Waals surface area (Å²) >= 11 is 1.39. The van der Waals surface area contributed by atoms with Crippen molar-refractivity contribution in [2.75, 3.05) is 25.1 Å². The van der Waals surface area contributed by atoms with Crippen molar-refractivity contribution in [2.24, 2.45) is 0 Å². The maximum absolute atomic E-state index is 12.8. The number of hydrogen-bond acceptors (Lipinski definition) is 6. The van der Waals surface area contributed by atoms with Crippen LogP contribution in [0.5, 0.6) is 17.2 Å². The molecule has 27 heavy (non-hydrogen) atoms. The Morgan fingerprint density at radius 1 is 1.07 bits per heavy atom. The van der Waals surface area contributed by atoms with Crippen LogP contribution < -0.4 is 19.5 Å². The lowest BCUT2D eigenvalue weighted by Crippen LogP contribution is -2.13. The molecule has 1 N–H and O–H groups in total.